The zero-order chi connectivity index (χ0) is 13.9. The first-order chi connectivity index (χ1) is 8.38. The van der Waals surface area contributed by atoms with Crippen molar-refractivity contribution in [3.05, 3.63) is 32.3 Å². The van der Waals surface area contributed by atoms with E-state index in [2.05, 4.69) is 15.9 Å². The highest BCUT2D eigenvalue weighted by Crippen LogP contribution is 2.37. The van der Waals surface area contributed by atoms with Crippen LogP contribution in [0.15, 0.2) is 16.6 Å². The Balaban J connectivity index is 0.00000324. The van der Waals surface area contributed by atoms with Gasteiger partial charge in [-0.2, -0.15) is 0 Å². The fourth-order valence-electron chi connectivity index (χ4n) is 1.68. The van der Waals surface area contributed by atoms with E-state index in [9.17, 15) is 20.3 Å². The van der Waals surface area contributed by atoms with Gasteiger partial charge in [-0.25, -0.2) is 0 Å². The molecule has 0 saturated heterocycles. The lowest BCUT2D eigenvalue weighted by Crippen LogP contribution is -2.26. The zero-order valence-corrected chi connectivity index (χ0v) is 12.6. The molecule has 0 aromatic heterocycles. The van der Waals surface area contributed by atoms with Crippen molar-refractivity contribution in [1.82, 2.24) is 0 Å². The Labute approximate surface area is 125 Å². The third-order valence-electron chi connectivity index (χ3n) is 2.64. The van der Waals surface area contributed by atoms with Gasteiger partial charge in [-0.05, 0) is 12.5 Å². The van der Waals surface area contributed by atoms with Crippen LogP contribution in [0, 0.1) is 10.1 Å². The molecule has 108 valence electrons. The van der Waals surface area contributed by atoms with Crippen LogP contribution >= 0.6 is 28.3 Å². The van der Waals surface area contributed by atoms with E-state index in [-0.39, 0.29) is 18.0 Å². The number of benzene rings is 1. The maximum Gasteiger partial charge on any atom is 0.312 e. The van der Waals surface area contributed by atoms with Crippen LogP contribution in [0.1, 0.15) is 31.4 Å². The Morgan fingerprint density at radius 2 is 2.11 bits per heavy atom. The minimum absolute atomic E-state index is 0. The summed E-state index contributed by atoms with van der Waals surface area (Å²) in [5.41, 5.74) is 5.54. The molecule has 2 atom stereocenters. The second-order valence-electron chi connectivity index (χ2n) is 4.00. The number of hydrogen-bond acceptors (Lipinski definition) is 5. The number of aromatic hydroxyl groups is 1. The molecule has 1 aromatic rings. The van der Waals surface area contributed by atoms with E-state index in [4.69, 9.17) is 5.73 Å². The highest BCUT2D eigenvalue weighted by Gasteiger charge is 2.25. The van der Waals surface area contributed by atoms with Gasteiger partial charge in [0.15, 0.2) is 5.75 Å². The topological polar surface area (TPSA) is 110 Å². The van der Waals surface area contributed by atoms with Crippen LogP contribution in [0.4, 0.5) is 5.69 Å². The number of phenols is 1. The number of nitrogens with zero attached hydrogens (tertiary/aromatic N) is 1. The number of nitro groups is 1. The Kier molecular flexibility index (Phi) is 7.28. The Hall–Kier alpha value is -0.890. The molecule has 0 heterocycles. The molecule has 1 aromatic carbocycles. The number of halogens is 2. The van der Waals surface area contributed by atoms with E-state index in [1.54, 1.807) is 0 Å². The SMILES string of the molecule is CCC[C@H](O)[C@H](N)c1cc(Br)cc([N+](=O)[O-])c1O.Cl. The van der Waals surface area contributed by atoms with E-state index < -0.39 is 28.5 Å². The fourth-order valence-corrected chi connectivity index (χ4v) is 2.14. The quantitative estimate of drug-likeness (QED) is 0.555. The van der Waals surface area contributed by atoms with Crippen molar-refractivity contribution in [2.45, 2.75) is 31.9 Å². The van der Waals surface area contributed by atoms with E-state index >= 15 is 0 Å². The molecule has 0 saturated carbocycles. The van der Waals surface area contributed by atoms with Crippen molar-refractivity contribution >= 4 is 34.0 Å². The van der Waals surface area contributed by atoms with E-state index in [1.807, 2.05) is 6.92 Å². The molecule has 4 N–H and O–H groups in total. The lowest BCUT2D eigenvalue weighted by atomic mass is 9.98. The smallest absolute Gasteiger partial charge is 0.312 e. The second kappa shape index (κ2) is 7.64. The van der Waals surface area contributed by atoms with Gasteiger partial charge in [-0.15, -0.1) is 12.4 Å². The molecule has 19 heavy (non-hydrogen) atoms. The predicted octanol–water partition coefficient (Wildman–Crippen LogP) is 2.65. The fraction of sp³-hybridized carbons (Fsp3) is 0.455. The molecule has 0 bridgehead atoms. The van der Waals surface area contributed by atoms with Gasteiger partial charge in [0, 0.05) is 16.1 Å². The molecule has 6 nitrogen and oxygen atoms in total. The average Bonchev–Trinajstić information content (AvgIpc) is 2.30. The summed E-state index contributed by atoms with van der Waals surface area (Å²) in [4.78, 5) is 10.1. The summed E-state index contributed by atoms with van der Waals surface area (Å²) >= 11 is 3.12. The van der Waals surface area contributed by atoms with Crippen LogP contribution < -0.4 is 5.73 Å². The second-order valence-corrected chi connectivity index (χ2v) is 4.92. The molecule has 1 rings (SSSR count). The third-order valence-corrected chi connectivity index (χ3v) is 3.10. The van der Waals surface area contributed by atoms with Crippen LogP contribution in [-0.2, 0) is 0 Å². The van der Waals surface area contributed by atoms with Crippen LogP contribution in [0.25, 0.3) is 0 Å². The average molecular weight is 356 g/mol. The molecular weight excluding hydrogens is 339 g/mol. The van der Waals surface area contributed by atoms with Crippen molar-refractivity contribution < 1.29 is 15.1 Å². The van der Waals surface area contributed by atoms with Crippen molar-refractivity contribution in [3.8, 4) is 5.75 Å². The molecule has 0 fully saturated rings. The van der Waals surface area contributed by atoms with Gasteiger partial charge in [0.2, 0.25) is 0 Å². The van der Waals surface area contributed by atoms with Gasteiger partial charge in [-0.3, -0.25) is 10.1 Å². The first kappa shape index (κ1) is 18.1. The lowest BCUT2D eigenvalue weighted by Gasteiger charge is -2.19. The number of aliphatic hydroxyl groups is 1. The Bertz CT molecular complexity index is 459. The van der Waals surface area contributed by atoms with Crippen molar-refractivity contribution in [1.29, 1.82) is 0 Å². The maximum absolute atomic E-state index is 10.8. The summed E-state index contributed by atoms with van der Waals surface area (Å²) < 4.78 is 0.432. The molecular formula is C11H16BrClN2O4. The number of hydrogen-bond donors (Lipinski definition) is 3. The molecule has 0 unspecified atom stereocenters. The summed E-state index contributed by atoms with van der Waals surface area (Å²) in [7, 11) is 0. The molecule has 0 amide bonds. The number of aliphatic hydroxyl groups excluding tert-OH is 1. The van der Waals surface area contributed by atoms with Gasteiger partial charge in [0.05, 0.1) is 17.1 Å². The summed E-state index contributed by atoms with van der Waals surface area (Å²) in [6, 6.07) is 1.81. The van der Waals surface area contributed by atoms with E-state index in [1.165, 1.54) is 12.1 Å². The van der Waals surface area contributed by atoms with Crippen LogP contribution in [0.5, 0.6) is 5.75 Å². The maximum atomic E-state index is 10.8. The normalized spacial score (nSPS) is 13.5. The largest absolute Gasteiger partial charge is 0.502 e. The molecule has 0 radical (unpaired) electrons. The van der Waals surface area contributed by atoms with Crippen LogP contribution in [0.3, 0.4) is 0 Å². The minimum Gasteiger partial charge on any atom is -0.502 e. The van der Waals surface area contributed by atoms with Crippen molar-refractivity contribution in [2.24, 2.45) is 5.73 Å². The number of rotatable bonds is 5. The Morgan fingerprint density at radius 1 is 1.53 bits per heavy atom. The molecule has 0 aliphatic carbocycles. The monoisotopic (exact) mass is 354 g/mol. The third kappa shape index (κ3) is 4.31. The van der Waals surface area contributed by atoms with Gasteiger partial charge in [0.1, 0.15) is 0 Å². The molecule has 8 heteroatoms. The van der Waals surface area contributed by atoms with Crippen molar-refractivity contribution in [3.63, 3.8) is 0 Å². The van der Waals surface area contributed by atoms with Gasteiger partial charge in [0.25, 0.3) is 0 Å². The van der Waals surface area contributed by atoms with Gasteiger partial charge < -0.3 is 15.9 Å². The van der Waals surface area contributed by atoms with E-state index in [0.29, 0.717) is 10.9 Å². The van der Waals surface area contributed by atoms with E-state index in [0.717, 1.165) is 6.42 Å². The summed E-state index contributed by atoms with van der Waals surface area (Å²) in [6.07, 6.45) is 0.335. The summed E-state index contributed by atoms with van der Waals surface area (Å²) in [5, 5.41) is 30.4. The van der Waals surface area contributed by atoms with Gasteiger partial charge >= 0.3 is 5.69 Å². The summed E-state index contributed by atoms with van der Waals surface area (Å²) in [6.45, 7) is 1.89. The zero-order valence-electron chi connectivity index (χ0n) is 10.2. The standard InChI is InChI=1S/C11H15BrN2O4.ClH/c1-2-3-9(15)10(13)7-4-6(12)5-8(11(7)16)14(17)18;/h4-5,9-10,15-16H,2-3,13H2,1H3;1H/t9-,10+;/m0./s1. The summed E-state index contributed by atoms with van der Waals surface area (Å²) in [5.74, 6) is -0.495. The van der Waals surface area contributed by atoms with Gasteiger partial charge in [-0.1, -0.05) is 29.3 Å². The number of nitro benzene ring substituents is 1. The number of nitrogens with two attached hydrogens (primary N) is 1. The number of phenolic OH excluding ortho intramolecular Hbond substituents is 1. The first-order valence-electron chi connectivity index (χ1n) is 5.48. The van der Waals surface area contributed by atoms with Crippen LogP contribution in [-0.4, -0.2) is 21.2 Å². The van der Waals surface area contributed by atoms with Crippen molar-refractivity contribution in [2.75, 3.05) is 0 Å². The highest BCUT2D eigenvalue weighted by atomic mass is 79.9. The molecule has 0 spiro atoms. The molecule has 0 aliphatic heterocycles. The predicted molar refractivity (Wildman–Crippen MR) is 77.6 cm³/mol. The Morgan fingerprint density at radius 3 is 2.58 bits per heavy atom. The minimum atomic E-state index is -0.860. The molecule has 0 aliphatic rings. The first-order valence-corrected chi connectivity index (χ1v) is 6.28. The van der Waals surface area contributed by atoms with Crippen LogP contribution in [0.2, 0.25) is 0 Å². The highest BCUT2D eigenvalue weighted by molar-refractivity contribution is 9.10. The lowest BCUT2D eigenvalue weighted by molar-refractivity contribution is -0.386.